The van der Waals surface area contributed by atoms with Gasteiger partial charge in [0.15, 0.2) is 10.9 Å². The number of rotatable bonds is 6. The fourth-order valence-corrected chi connectivity index (χ4v) is 3.69. The second-order valence-electron chi connectivity index (χ2n) is 6.03. The van der Waals surface area contributed by atoms with E-state index in [1.807, 2.05) is 24.3 Å². The molecule has 2 heterocycles. The van der Waals surface area contributed by atoms with Gasteiger partial charge in [-0.1, -0.05) is 45.0 Å². The fourth-order valence-electron chi connectivity index (χ4n) is 2.63. The highest BCUT2D eigenvalue weighted by Crippen LogP contribution is 2.24. The molecule has 4 rings (SSSR count). The van der Waals surface area contributed by atoms with Crippen LogP contribution in [0.25, 0.3) is 5.69 Å². The van der Waals surface area contributed by atoms with Crippen LogP contribution < -0.4 is 5.32 Å². The predicted molar refractivity (Wildman–Crippen MR) is 115 cm³/mol. The number of nitrogens with one attached hydrogen (secondary N) is 1. The highest BCUT2D eigenvalue weighted by molar-refractivity contribution is 9.10. The van der Waals surface area contributed by atoms with E-state index in [1.165, 1.54) is 23.9 Å². The second-order valence-corrected chi connectivity index (χ2v) is 7.89. The molecule has 2 aromatic carbocycles. The first-order valence-electron chi connectivity index (χ1n) is 8.78. The molecule has 1 amide bonds. The summed E-state index contributed by atoms with van der Waals surface area (Å²) in [4.78, 5) is 21.2. The maximum absolute atomic E-state index is 14.0. The number of carbonyl (C=O) groups excluding carboxylic acids is 1. The van der Waals surface area contributed by atoms with E-state index < -0.39 is 11.7 Å². The molecule has 4 aromatic rings. The van der Waals surface area contributed by atoms with E-state index in [-0.39, 0.29) is 11.4 Å². The molecule has 7 nitrogen and oxygen atoms in total. The van der Waals surface area contributed by atoms with Crippen molar-refractivity contribution in [3.05, 3.63) is 88.7 Å². The van der Waals surface area contributed by atoms with Gasteiger partial charge < -0.3 is 5.32 Å². The quantitative estimate of drug-likeness (QED) is 0.320. The molecule has 0 saturated heterocycles. The number of amides is 1. The zero-order valence-corrected chi connectivity index (χ0v) is 17.8. The molecule has 30 heavy (non-hydrogen) atoms. The summed E-state index contributed by atoms with van der Waals surface area (Å²) >= 11 is 4.75. The Bertz CT molecular complexity index is 1170. The van der Waals surface area contributed by atoms with Crippen molar-refractivity contribution in [1.29, 1.82) is 0 Å². The molecule has 0 radical (unpaired) electrons. The summed E-state index contributed by atoms with van der Waals surface area (Å²) in [5.74, 6) is -0.736. The molecule has 0 bridgehead atoms. The van der Waals surface area contributed by atoms with E-state index >= 15 is 0 Å². The molecule has 0 saturated carbocycles. The zero-order chi connectivity index (χ0) is 20.9. The lowest BCUT2D eigenvalue weighted by Crippen LogP contribution is -2.16. The van der Waals surface area contributed by atoms with Crippen molar-refractivity contribution in [2.75, 3.05) is 5.32 Å². The second kappa shape index (κ2) is 9.14. The lowest BCUT2D eigenvalue weighted by atomic mass is 10.2. The number of hydrogen-bond acceptors (Lipinski definition) is 6. The lowest BCUT2D eigenvalue weighted by molar-refractivity contribution is 0.102. The Kier molecular flexibility index (Phi) is 6.15. The van der Waals surface area contributed by atoms with Crippen LogP contribution in [0.15, 0.2) is 76.6 Å². The predicted octanol–water partition coefficient (Wildman–Crippen LogP) is 4.50. The van der Waals surface area contributed by atoms with Gasteiger partial charge in [-0.3, -0.25) is 4.79 Å². The zero-order valence-electron chi connectivity index (χ0n) is 15.4. The highest BCUT2D eigenvalue weighted by Gasteiger charge is 2.22. The van der Waals surface area contributed by atoms with Crippen LogP contribution in [0.2, 0.25) is 0 Å². The monoisotopic (exact) mass is 484 g/mol. The Balaban J connectivity index is 1.67. The van der Waals surface area contributed by atoms with Crippen LogP contribution in [0.1, 0.15) is 16.2 Å². The number of aromatic nitrogens is 5. The number of carbonyl (C=O) groups is 1. The van der Waals surface area contributed by atoms with Crippen LogP contribution in [-0.2, 0) is 5.75 Å². The highest BCUT2D eigenvalue weighted by atomic mass is 79.9. The number of thioether (sulfide) groups is 1. The summed E-state index contributed by atoms with van der Waals surface area (Å²) in [6.45, 7) is 0. The lowest BCUT2D eigenvalue weighted by Gasteiger charge is -2.09. The van der Waals surface area contributed by atoms with Gasteiger partial charge >= 0.3 is 0 Å². The van der Waals surface area contributed by atoms with E-state index in [9.17, 15) is 9.18 Å². The van der Waals surface area contributed by atoms with Crippen LogP contribution in [-0.4, -0.2) is 30.9 Å². The smallest absolute Gasteiger partial charge is 0.278 e. The average Bonchev–Trinajstić information content (AvgIpc) is 3.19. The summed E-state index contributed by atoms with van der Waals surface area (Å²) in [5.41, 5.74) is 1.46. The third-order valence-corrected chi connectivity index (χ3v) is 5.47. The number of nitrogens with zero attached hydrogens (tertiary/aromatic N) is 5. The van der Waals surface area contributed by atoms with Gasteiger partial charge in [-0.15, -0.1) is 5.10 Å². The minimum Gasteiger partial charge on any atom is -0.318 e. The van der Waals surface area contributed by atoms with Gasteiger partial charge in [0.2, 0.25) is 0 Å². The van der Waals surface area contributed by atoms with Crippen LogP contribution in [0.5, 0.6) is 0 Å². The van der Waals surface area contributed by atoms with Crippen molar-refractivity contribution < 1.29 is 9.18 Å². The van der Waals surface area contributed by atoms with Crippen LogP contribution >= 0.6 is 27.7 Å². The van der Waals surface area contributed by atoms with Gasteiger partial charge in [-0.25, -0.2) is 19.0 Å². The van der Waals surface area contributed by atoms with Crippen molar-refractivity contribution >= 4 is 39.3 Å². The van der Waals surface area contributed by atoms with Crippen LogP contribution in [0.4, 0.5) is 10.1 Å². The van der Waals surface area contributed by atoms with Crippen LogP contribution in [0.3, 0.4) is 0 Å². The van der Waals surface area contributed by atoms with Gasteiger partial charge in [0.25, 0.3) is 5.91 Å². The topological polar surface area (TPSA) is 85.6 Å². The first-order chi connectivity index (χ1) is 14.6. The Morgan fingerprint density at radius 2 is 1.80 bits per heavy atom. The molecule has 10 heteroatoms. The molecule has 2 aromatic heterocycles. The Morgan fingerprint density at radius 1 is 1.07 bits per heavy atom. The molecule has 0 fully saturated rings. The van der Waals surface area contributed by atoms with Crippen molar-refractivity contribution in [3.63, 3.8) is 0 Å². The molecule has 0 aliphatic rings. The third kappa shape index (κ3) is 4.55. The largest absolute Gasteiger partial charge is 0.318 e. The Morgan fingerprint density at radius 3 is 2.53 bits per heavy atom. The molecular weight excluding hydrogens is 471 g/mol. The van der Waals surface area contributed by atoms with E-state index in [2.05, 4.69) is 41.5 Å². The first-order valence-corrected chi connectivity index (χ1v) is 10.6. The molecule has 0 aliphatic carbocycles. The fraction of sp³-hybridized carbons (Fsp3) is 0.0500. The molecule has 0 unspecified atom stereocenters. The van der Waals surface area contributed by atoms with Crippen molar-refractivity contribution in [1.82, 2.24) is 25.0 Å². The van der Waals surface area contributed by atoms with E-state index in [0.717, 1.165) is 10.2 Å². The summed E-state index contributed by atoms with van der Waals surface area (Å²) in [5, 5.41) is 11.3. The molecule has 0 atom stereocenters. The van der Waals surface area contributed by atoms with E-state index in [0.29, 0.717) is 16.6 Å². The van der Waals surface area contributed by atoms with E-state index in [1.54, 1.807) is 35.3 Å². The number of hydrogen-bond donors (Lipinski definition) is 1. The molecular formula is C20H14BrFN6OS. The normalized spacial score (nSPS) is 10.7. The minimum absolute atomic E-state index is 0.0747. The maximum atomic E-state index is 14.0. The van der Waals surface area contributed by atoms with Crippen molar-refractivity contribution in [3.8, 4) is 5.69 Å². The Labute approximate surface area is 183 Å². The van der Waals surface area contributed by atoms with Gasteiger partial charge in [-0.2, -0.15) is 0 Å². The third-order valence-electron chi connectivity index (χ3n) is 4.05. The van der Waals surface area contributed by atoms with Crippen molar-refractivity contribution in [2.45, 2.75) is 10.9 Å². The standard InChI is InChI=1S/C20H14BrFN6OS/c21-13-6-8-14(9-7-13)28-17(12-30-20-23-10-3-11-24-20)18(26-27-28)19(29)25-16-5-2-1-4-15(16)22/h1-11H,12H2,(H,25,29). The van der Waals surface area contributed by atoms with Crippen molar-refractivity contribution in [2.24, 2.45) is 0 Å². The molecule has 0 aliphatic heterocycles. The maximum Gasteiger partial charge on any atom is 0.278 e. The first kappa shape index (κ1) is 20.2. The van der Waals surface area contributed by atoms with E-state index in [4.69, 9.17) is 0 Å². The minimum atomic E-state index is -0.548. The summed E-state index contributed by atoms with van der Waals surface area (Å²) in [6, 6.07) is 15.1. The molecule has 0 spiro atoms. The molecule has 1 N–H and O–H groups in total. The Hall–Kier alpha value is -3.11. The number of halogens is 2. The number of benzene rings is 2. The summed E-state index contributed by atoms with van der Waals surface area (Å²) < 4.78 is 16.5. The average molecular weight is 485 g/mol. The van der Waals surface area contributed by atoms with Gasteiger partial charge in [0.1, 0.15) is 5.82 Å². The SMILES string of the molecule is O=C(Nc1ccccc1F)c1nnn(-c2ccc(Br)cc2)c1CSc1ncccn1. The van der Waals surface area contributed by atoms with Gasteiger partial charge in [0.05, 0.1) is 17.1 Å². The van der Waals surface area contributed by atoms with Crippen LogP contribution in [0, 0.1) is 5.82 Å². The van der Waals surface area contributed by atoms with Gasteiger partial charge in [-0.05, 0) is 42.5 Å². The number of para-hydroxylation sites is 1. The summed E-state index contributed by atoms with van der Waals surface area (Å²) in [7, 11) is 0. The molecule has 150 valence electrons. The summed E-state index contributed by atoms with van der Waals surface area (Å²) in [6.07, 6.45) is 3.29. The van der Waals surface area contributed by atoms with Gasteiger partial charge in [0, 0.05) is 22.6 Å². The number of anilines is 1.